The lowest BCUT2D eigenvalue weighted by Crippen LogP contribution is -2.19. The predicted molar refractivity (Wildman–Crippen MR) is 121 cm³/mol. The summed E-state index contributed by atoms with van der Waals surface area (Å²) >= 11 is 19.3. The van der Waals surface area contributed by atoms with E-state index in [9.17, 15) is 0 Å². The fourth-order valence-corrected chi connectivity index (χ4v) is 4.36. The van der Waals surface area contributed by atoms with Crippen LogP contribution in [0.1, 0.15) is 12.8 Å². The highest BCUT2D eigenvalue weighted by Gasteiger charge is 2.22. The number of anilines is 1. The first-order valence-corrected chi connectivity index (χ1v) is 10.6. The van der Waals surface area contributed by atoms with Crippen LogP contribution in [0.4, 0.5) is 5.82 Å². The molecule has 9 heteroatoms. The molecule has 1 N–H and O–H groups in total. The molecule has 4 rings (SSSR count). The largest absolute Gasteiger partial charge is 0.495 e. The minimum absolute atomic E-state index is 0.145. The Bertz CT molecular complexity index is 1060. The molecule has 158 valence electrons. The molecule has 6 nitrogen and oxygen atoms in total. The van der Waals surface area contributed by atoms with Crippen molar-refractivity contribution in [1.82, 2.24) is 9.97 Å². The first-order chi connectivity index (χ1) is 14.5. The number of hydrogen-bond donors (Lipinski definition) is 1. The maximum absolute atomic E-state index is 6.60. The fourth-order valence-electron chi connectivity index (χ4n) is 3.51. The number of nitrogens with zero attached hydrogens (tertiary/aromatic N) is 2. The lowest BCUT2D eigenvalue weighted by Gasteiger charge is -2.17. The van der Waals surface area contributed by atoms with Gasteiger partial charge in [0.05, 0.1) is 36.1 Å². The van der Waals surface area contributed by atoms with E-state index in [-0.39, 0.29) is 6.10 Å². The van der Waals surface area contributed by atoms with Gasteiger partial charge in [0, 0.05) is 41.8 Å². The highest BCUT2D eigenvalue weighted by molar-refractivity contribution is 6.41. The van der Waals surface area contributed by atoms with E-state index in [0.29, 0.717) is 50.3 Å². The third-order valence-corrected chi connectivity index (χ3v) is 5.99. The molecule has 0 amide bonds. The standard InChI is InChI=1S/C21H20Cl3N3O3/c1-28-15-8-16(29-2)20(24)18(19(15)23)14-6-11-9-25-17(22)7-13(11)21(27-14)26-10-12-4-3-5-30-12/h6-9,12H,3-5,10H2,1-2H3,(H,26,27). The number of aromatic nitrogens is 2. The summed E-state index contributed by atoms with van der Waals surface area (Å²) in [6, 6.07) is 5.29. The van der Waals surface area contributed by atoms with E-state index in [1.165, 1.54) is 14.2 Å². The number of benzene rings is 1. The molecule has 3 heterocycles. The zero-order chi connectivity index (χ0) is 21.3. The summed E-state index contributed by atoms with van der Waals surface area (Å²) in [6.07, 6.45) is 3.91. The smallest absolute Gasteiger partial charge is 0.141 e. The van der Waals surface area contributed by atoms with Crippen molar-refractivity contribution >= 4 is 51.4 Å². The molecule has 30 heavy (non-hydrogen) atoms. The second kappa shape index (κ2) is 9.02. The number of fused-ring (bicyclic) bond motifs is 1. The Labute approximate surface area is 189 Å². The quantitative estimate of drug-likeness (QED) is 0.457. The minimum Gasteiger partial charge on any atom is -0.495 e. The van der Waals surface area contributed by atoms with Gasteiger partial charge < -0.3 is 19.5 Å². The molecular weight excluding hydrogens is 449 g/mol. The Hall–Kier alpha value is -1.99. The van der Waals surface area contributed by atoms with Crippen molar-refractivity contribution in [2.24, 2.45) is 0 Å². The summed E-state index contributed by atoms with van der Waals surface area (Å²) in [5.41, 5.74) is 1.08. The van der Waals surface area contributed by atoms with Crippen molar-refractivity contribution in [2.75, 3.05) is 32.7 Å². The van der Waals surface area contributed by atoms with Crippen molar-refractivity contribution in [3.05, 3.63) is 39.6 Å². The van der Waals surface area contributed by atoms with Crippen LogP contribution in [0.25, 0.3) is 22.0 Å². The van der Waals surface area contributed by atoms with Gasteiger partial charge in [0.15, 0.2) is 0 Å². The van der Waals surface area contributed by atoms with E-state index >= 15 is 0 Å². The predicted octanol–water partition coefficient (Wildman–Crippen LogP) is 5.87. The molecule has 1 aromatic carbocycles. The molecule has 0 bridgehead atoms. The number of ether oxygens (including phenoxy) is 3. The van der Waals surface area contributed by atoms with Crippen LogP contribution in [-0.4, -0.2) is 43.4 Å². The van der Waals surface area contributed by atoms with Crippen molar-refractivity contribution in [2.45, 2.75) is 18.9 Å². The van der Waals surface area contributed by atoms with Crippen LogP contribution in [0, 0.1) is 0 Å². The molecule has 2 aromatic heterocycles. The topological polar surface area (TPSA) is 65.5 Å². The van der Waals surface area contributed by atoms with Crippen LogP contribution >= 0.6 is 34.8 Å². The van der Waals surface area contributed by atoms with Gasteiger partial charge in [0.25, 0.3) is 0 Å². The number of rotatable bonds is 6. The van der Waals surface area contributed by atoms with Crippen molar-refractivity contribution in [1.29, 1.82) is 0 Å². The van der Waals surface area contributed by atoms with E-state index in [1.54, 1.807) is 18.3 Å². The highest BCUT2D eigenvalue weighted by atomic mass is 35.5. The third-order valence-electron chi connectivity index (χ3n) is 5.03. The van der Waals surface area contributed by atoms with E-state index in [1.807, 2.05) is 6.07 Å². The van der Waals surface area contributed by atoms with Crippen molar-refractivity contribution in [3.8, 4) is 22.8 Å². The summed E-state index contributed by atoms with van der Waals surface area (Å²) in [5.74, 6) is 1.53. The average Bonchev–Trinajstić information content (AvgIpc) is 3.26. The summed E-state index contributed by atoms with van der Waals surface area (Å²) in [7, 11) is 3.07. The molecule has 1 unspecified atom stereocenters. The van der Waals surface area contributed by atoms with Gasteiger partial charge in [-0.05, 0) is 25.0 Å². The summed E-state index contributed by atoms with van der Waals surface area (Å²) < 4.78 is 16.5. The first kappa shape index (κ1) is 21.2. The number of nitrogens with one attached hydrogen (secondary N) is 1. The minimum atomic E-state index is 0.145. The summed E-state index contributed by atoms with van der Waals surface area (Å²) in [4.78, 5) is 9.02. The van der Waals surface area contributed by atoms with E-state index < -0.39 is 0 Å². The number of pyridine rings is 2. The van der Waals surface area contributed by atoms with Crippen LogP contribution in [0.3, 0.4) is 0 Å². The van der Waals surface area contributed by atoms with Crippen LogP contribution < -0.4 is 14.8 Å². The third kappa shape index (κ3) is 4.10. The molecular formula is C21H20Cl3N3O3. The average molecular weight is 469 g/mol. The molecule has 1 aliphatic heterocycles. The molecule has 1 aliphatic rings. The summed E-state index contributed by atoms with van der Waals surface area (Å²) in [6.45, 7) is 1.42. The second-order valence-electron chi connectivity index (χ2n) is 6.88. The molecule has 0 radical (unpaired) electrons. The molecule has 3 aromatic rings. The SMILES string of the molecule is COc1cc(OC)c(Cl)c(-c2cc3cnc(Cl)cc3c(NCC3CCCO3)n2)c1Cl. The van der Waals surface area contributed by atoms with Gasteiger partial charge in [0.2, 0.25) is 0 Å². The zero-order valence-corrected chi connectivity index (χ0v) is 18.7. The molecule has 1 fully saturated rings. The Morgan fingerprint density at radius 2 is 1.83 bits per heavy atom. The van der Waals surface area contributed by atoms with Gasteiger partial charge in [-0.1, -0.05) is 34.8 Å². The summed E-state index contributed by atoms with van der Waals surface area (Å²) in [5, 5.41) is 6.16. The lowest BCUT2D eigenvalue weighted by atomic mass is 10.1. The van der Waals surface area contributed by atoms with Gasteiger partial charge in [-0.25, -0.2) is 9.97 Å². The molecule has 1 atom stereocenters. The molecule has 0 spiro atoms. The van der Waals surface area contributed by atoms with E-state index in [2.05, 4.69) is 10.3 Å². The highest BCUT2D eigenvalue weighted by Crippen LogP contribution is 2.46. The number of methoxy groups -OCH3 is 2. The molecule has 0 aliphatic carbocycles. The molecule has 1 saturated heterocycles. The van der Waals surface area contributed by atoms with Gasteiger partial charge in [-0.15, -0.1) is 0 Å². The monoisotopic (exact) mass is 467 g/mol. The van der Waals surface area contributed by atoms with E-state index in [4.69, 9.17) is 54.0 Å². The Morgan fingerprint density at radius 1 is 1.10 bits per heavy atom. The van der Waals surface area contributed by atoms with Crippen LogP contribution in [-0.2, 0) is 4.74 Å². The maximum Gasteiger partial charge on any atom is 0.141 e. The van der Waals surface area contributed by atoms with Crippen molar-refractivity contribution in [3.63, 3.8) is 0 Å². The Kier molecular flexibility index (Phi) is 6.39. The van der Waals surface area contributed by atoms with Gasteiger partial charge in [-0.2, -0.15) is 0 Å². The molecule has 0 saturated carbocycles. The zero-order valence-electron chi connectivity index (χ0n) is 16.5. The second-order valence-corrected chi connectivity index (χ2v) is 8.03. The number of hydrogen-bond acceptors (Lipinski definition) is 6. The normalized spacial score (nSPS) is 16.1. The first-order valence-electron chi connectivity index (χ1n) is 9.44. The Balaban J connectivity index is 1.86. The number of halogens is 3. The van der Waals surface area contributed by atoms with Crippen LogP contribution in [0.2, 0.25) is 15.2 Å². The van der Waals surface area contributed by atoms with Crippen molar-refractivity contribution < 1.29 is 14.2 Å². The van der Waals surface area contributed by atoms with Gasteiger partial charge >= 0.3 is 0 Å². The van der Waals surface area contributed by atoms with Crippen LogP contribution in [0.5, 0.6) is 11.5 Å². The maximum atomic E-state index is 6.60. The van der Waals surface area contributed by atoms with Crippen LogP contribution in [0.15, 0.2) is 24.4 Å². The van der Waals surface area contributed by atoms with E-state index in [0.717, 1.165) is 30.2 Å². The van der Waals surface area contributed by atoms with Gasteiger partial charge in [-0.3, -0.25) is 0 Å². The van der Waals surface area contributed by atoms with Gasteiger partial charge in [0.1, 0.15) is 22.5 Å². The lowest BCUT2D eigenvalue weighted by molar-refractivity contribution is 0.120. The fraction of sp³-hybridized carbons (Fsp3) is 0.333. The Morgan fingerprint density at radius 3 is 2.47 bits per heavy atom.